The van der Waals surface area contributed by atoms with E-state index in [-0.39, 0.29) is 5.56 Å². The molecule has 0 saturated heterocycles. The number of nitrogens with zero attached hydrogens (tertiary/aromatic N) is 1. The third-order valence-electron chi connectivity index (χ3n) is 2.20. The highest BCUT2D eigenvalue weighted by atomic mass is 79.9. The molecule has 0 bridgehead atoms. The summed E-state index contributed by atoms with van der Waals surface area (Å²) in [7, 11) is 0. The maximum atomic E-state index is 11.4. The number of ether oxygens (including phenoxy) is 1. The van der Waals surface area contributed by atoms with Gasteiger partial charge in [0.1, 0.15) is 10.2 Å². The van der Waals surface area contributed by atoms with Crippen LogP contribution in [0.25, 0.3) is 0 Å². The van der Waals surface area contributed by atoms with Crippen molar-refractivity contribution in [2.75, 3.05) is 11.9 Å². The molecule has 6 heteroatoms. The molecule has 0 aliphatic carbocycles. The van der Waals surface area contributed by atoms with Gasteiger partial charge in [-0.2, -0.15) is 0 Å². The summed E-state index contributed by atoms with van der Waals surface area (Å²) in [4.78, 5) is 17.9. The summed E-state index contributed by atoms with van der Waals surface area (Å²) in [6.07, 6.45) is 1.35. The maximum Gasteiger partial charge on any atom is 0.267 e. The Balaban J connectivity index is 2.25. The van der Waals surface area contributed by atoms with Crippen LogP contribution in [0.1, 0.15) is 6.92 Å². The van der Waals surface area contributed by atoms with Crippen molar-refractivity contribution >= 4 is 27.4 Å². The zero-order chi connectivity index (χ0) is 13.0. The number of halogens is 1. The van der Waals surface area contributed by atoms with Gasteiger partial charge in [0.05, 0.1) is 12.9 Å². The highest BCUT2D eigenvalue weighted by molar-refractivity contribution is 9.10. The highest BCUT2D eigenvalue weighted by Crippen LogP contribution is 2.23. The number of benzene rings is 1. The van der Waals surface area contributed by atoms with Crippen molar-refractivity contribution in [3.63, 3.8) is 0 Å². The molecule has 2 rings (SSSR count). The first kappa shape index (κ1) is 12.6. The van der Waals surface area contributed by atoms with Crippen LogP contribution in [0.4, 0.5) is 11.5 Å². The topological polar surface area (TPSA) is 67.0 Å². The van der Waals surface area contributed by atoms with Crippen LogP contribution in [0.15, 0.2) is 39.9 Å². The highest BCUT2D eigenvalue weighted by Gasteiger charge is 2.05. The first-order valence-corrected chi connectivity index (χ1v) is 6.23. The third-order valence-corrected chi connectivity index (χ3v) is 2.94. The van der Waals surface area contributed by atoms with E-state index in [2.05, 4.69) is 31.2 Å². The van der Waals surface area contributed by atoms with Gasteiger partial charge < -0.3 is 15.0 Å². The van der Waals surface area contributed by atoms with Crippen molar-refractivity contribution in [3.8, 4) is 5.75 Å². The Morgan fingerprint density at radius 2 is 2.33 bits per heavy atom. The van der Waals surface area contributed by atoms with E-state index in [0.717, 1.165) is 11.4 Å². The monoisotopic (exact) mass is 309 g/mol. The first-order valence-electron chi connectivity index (χ1n) is 5.43. The van der Waals surface area contributed by atoms with E-state index < -0.39 is 0 Å². The number of nitrogens with one attached hydrogen (secondary N) is 2. The summed E-state index contributed by atoms with van der Waals surface area (Å²) >= 11 is 3.19. The lowest BCUT2D eigenvalue weighted by molar-refractivity contribution is 0.340. The van der Waals surface area contributed by atoms with Gasteiger partial charge >= 0.3 is 0 Å². The molecule has 0 aliphatic heterocycles. The molecule has 1 heterocycles. The largest absolute Gasteiger partial charge is 0.494 e. The molecule has 5 nitrogen and oxygen atoms in total. The van der Waals surface area contributed by atoms with E-state index in [1.807, 2.05) is 31.2 Å². The minimum absolute atomic E-state index is 0.228. The number of hydrogen-bond acceptors (Lipinski definition) is 4. The van der Waals surface area contributed by atoms with Crippen molar-refractivity contribution in [2.24, 2.45) is 0 Å². The summed E-state index contributed by atoms with van der Waals surface area (Å²) < 4.78 is 5.77. The number of aromatic nitrogens is 2. The van der Waals surface area contributed by atoms with Crippen LogP contribution in [0.2, 0.25) is 0 Å². The fourth-order valence-corrected chi connectivity index (χ4v) is 1.75. The van der Waals surface area contributed by atoms with Gasteiger partial charge in [0.2, 0.25) is 0 Å². The average molecular weight is 310 g/mol. The molecule has 0 radical (unpaired) electrons. The van der Waals surface area contributed by atoms with Crippen LogP contribution < -0.4 is 15.6 Å². The summed E-state index contributed by atoms with van der Waals surface area (Å²) in [5, 5.41) is 3.05. The van der Waals surface area contributed by atoms with E-state index in [9.17, 15) is 4.79 Å². The van der Waals surface area contributed by atoms with E-state index in [4.69, 9.17) is 4.74 Å². The second-order valence-corrected chi connectivity index (χ2v) is 4.27. The average Bonchev–Trinajstić information content (AvgIpc) is 2.36. The van der Waals surface area contributed by atoms with Gasteiger partial charge in [-0.05, 0) is 35.0 Å². The predicted octanol–water partition coefficient (Wildman–Crippen LogP) is 2.67. The van der Waals surface area contributed by atoms with Crippen molar-refractivity contribution in [3.05, 3.63) is 45.4 Å². The maximum absolute atomic E-state index is 11.4. The SMILES string of the molecule is CCOc1cccc(Nc2nc[nH]c(=O)c2Br)c1. The Bertz CT molecular complexity index is 598. The molecule has 0 amide bonds. The third kappa shape index (κ3) is 2.89. The van der Waals surface area contributed by atoms with Crippen LogP contribution in [0.3, 0.4) is 0 Å². The summed E-state index contributed by atoms with van der Waals surface area (Å²) in [6, 6.07) is 7.46. The van der Waals surface area contributed by atoms with Gasteiger partial charge in [-0.25, -0.2) is 4.98 Å². The number of aromatic amines is 1. The van der Waals surface area contributed by atoms with Crippen LogP contribution in [-0.2, 0) is 0 Å². The van der Waals surface area contributed by atoms with Gasteiger partial charge in [0, 0.05) is 11.8 Å². The van der Waals surface area contributed by atoms with Crippen LogP contribution in [0, 0.1) is 0 Å². The summed E-state index contributed by atoms with van der Waals surface area (Å²) in [6.45, 7) is 2.53. The Labute approximate surface area is 112 Å². The van der Waals surface area contributed by atoms with Gasteiger partial charge in [-0.3, -0.25) is 4.79 Å². The molecule has 0 aliphatic rings. The van der Waals surface area contributed by atoms with E-state index in [1.54, 1.807) is 0 Å². The molecule has 2 aromatic rings. The molecule has 1 aromatic heterocycles. The van der Waals surface area contributed by atoms with Gasteiger partial charge in [-0.15, -0.1) is 0 Å². The quantitative estimate of drug-likeness (QED) is 0.911. The Morgan fingerprint density at radius 3 is 3.11 bits per heavy atom. The molecule has 0 spiro atoms. The predicted molar refractivity (Wildman–Crippen MR) is 73.5 cm³/mol. The molecule has 0 saturated carbocycles. The Kier molecular flexibility index (Phi) is 3.99. The van der Waals surface area contributed by atoms with Crippen molar-refractivity contribution in [2.45, 2.75) is 6.92 Å². The normalized spacial score (nSPS) is 10.1. The minimum Gasteiger partial charge on any atom is -0.494 e. The van der Waals surface area contributed by atoms with Crippen molar-refractivity contribution in [1.29, 1.82) is 0 Å². The molecule has 0 unspecified atom stereocenters. The fourth-order valence-electron chi connectivity index (χ4n) is 1.44. The lowest BCUT2D eigenvalue weighted by Crippen LogP contribution is -2.10. The molecular weight excluding hydrogens is 298 g/mol. The van der Waals surface area contributed by atoms with Crippen LogP contribution >= 0.6 is 15.9 Å². The lowest BCUT2D eigenvalue weighted by atomic mass is 10.3. The molecule has 1 aromatic carbocycles. The summed E-state index contributed by atoms with van der Waals surface area (Å²) in [5.74, 6) is 1.23. The van der Waals surface area contributed by atoms with Gasteiger partial charge in [0.15, 0.2) is 5.82 Å². The van der Waals surface area contributed by atoms with Crippen molar-refractivity contribution < 1.29 is 4.74 Å². The van der Waals surface area contributed by atoms with Crippen LogP contribution in [-0.4, -0.2) is 16.6 Å². The van der Waals surface area contributed by atoms with E-state index >= 15 is 0 Å². The second kappa shape index (κ2) is 5.68. The number of rotatable bonds is 4. The molecular formula is C12H12BrN3O2. The minimum atomic E-state index is -0.228. The van der Waals surface area contributed by atoms with Gasteiger partial charge in [-0.1, -0.05) is 6.07 Å². The number of H-pyrrole nitrogens is 1. The lowest BCUT2D eigenvalue weighted by Gasteiger charge is -2.08. The van der Waals surface area contributed by atoms with Crippen LogP contribution in [0.5, 0.6) is 5.75 Å². The fraction of sp³-hybridized carbons (Fsp3) is 0.167. The smallest absolute Gasteiger partial charge is 0.267 e. The zero-order valence-electron chi connectivity index (χ0n) is 9.74. The molecule has 2 N–H and O–H groups in total. The molecule has 0 atom stereocenters. The van der Waals surface area contributed by atoms with E-state index in [0.29, 0.717) is 16.9 Å². The zero-order valence-corrected chi connectivity index (χ0v) is 11.3. The first-order chi connectivity index (χ1) is 8.70. The molecule has 0 fully saturated rings. The Morgan fingerprint density at radius 1 is 1.50 bits per heavy atom. The molecule has 94 valence electrons. The molecule has 18 heavy (non-hydrogen) atoms. The Hall–Kier alpha value is -1.82. The number of anilines is 2. The number of hydrogen-bond donors (Lipinski definition) is 2. The van der Waals surface area contributed by atoms with E-state index in [1.165, 1.54) is 6.33 Å². The van der Waals surface area contributed by atoms with Crippen molar-refractivity contribution in [1.82, 2.24) is 9.97 Å². The van der Waals surface area contributed by atoms with Gasteiger partial charge in [0.25, 0.3) is 5.56 Å². The summed E-state index contributed by atoms with van der Waals surface area (Å²) in [5.41, 5.74) is 0.577. The second-order valence-electron chi connectivity index (χ2n) is 3.48. The standard InChI is InChI=1S/C12H12BrN3O2/c1-2-18-9-5-3-4-8(6-9)16-11-10(13)12(17)15-7-14-11/h3-7H,2H2,1H3,(H2,14,15,16,17).